The maximum absolute atomic E-state index is 2.51. The van der Waals surface area contributed by atoms with Gasteiger partial charge in [-0.05, 0) is 50.4 Å². The first-order valence-corrected chi connectivity index (χ1v) is 7.01. The molecule has 2 heteroatoms. The predicted molar refractivity (Wildman–Crippen MR) is 75.1 cm³/mol. The molecule has 1 unspecified atom stereocenters. The summed E-state index contributed by atoms with van der Waals surface area (Å²) >= 11 is 0. The van der Waals surface area contributed by atoms with E-state index >= 15 is 0 Å². The monoisotopic (exact) mass is 240 g/mol. The largest absolute Gasteiger partial charge is 0.345 e. The maximum Gasteiger partial charge on any atom is 0.0516 e. The molecule has 2 aromatic rings. The van der Waals surface area contributed by atoms with Crippen LogP contribution in [0, 0.1) is 0 Å². The van der Waals surface area contributed by atoms with Crippen LogP contribution in [-0.4, -0.2) is 29.6 Å². The highest BCUT2D eigenvalue weighted by Gasteiger charge is 2.30. The first-order valence-electron chi connectivity index (χ1n) is 7.01. The number of likely N-dealkylation sites (N-methyl/N-ethyl adjacent to an activating group) is 1. The van der Waals surface area contributed by atoms with Crippen LogP contribution in [0.15, 0.2) is 24.4 Å². The van der Waals surface area contributed by atoms with Crippen LogP contribution < -0.4 is 0 Å². The van der Waals surface area contributed by atoms with E-state index in [0.717, 1.165) is 12.5 Å². The van der Waals surface area contributed by atoms with E-state index in [-0.39, 0.29) is 0 Å². The maximum atomic E-state index is 2.51. The van der Waals surface area contributed by atoms with Gasteiger partial charge in [0, 0.05) is 24.2 Å². The molecule has 2 heterocycles. The zero-order valence-electron chi connectivity index (χ0n) is 11.2. The fourth-order valence-corrected chi connectivity index (χ4v) is 3.39. The molecule has 1 aromatic heterocycles. The summed E-state index contributed by atoms with van der Waals surface area (Å²) in [6, 6.07) is 7.51. The van der Waals surface area contributed by atoms with E-state index in [4.69, 9.17) is 0 Å². The summed E-state index contributed by atoms with van der Waals surface area (Å²) in [5.74, 6) is 0.847. The van der Waals surface area contributed by atoms with Crippen molar-refractivity contribution < 1.29 is 0 Å². The van der Waals surface area contributed by atoms with Crippen molar-refractivity contribution in [2.75, 3.05) is 14.1 Å². The molecule has 0 N–H and O–H groups in total. The standard InChI is InChI=1S/C16H20N2/c1-17(2)13-8-12-4-3-5-14-15(11-6-7-11)10-18(9-13)16(12)14/h3-5,10-11,13H,6-9H2,1-2H3. The second-order valence-corrected chi connectivity index (χ2v) is 6.15. The number of aromatic nitrogens is 1. The molecular weight excluding hydrogens is 220 g/mol. The minimum Gasteiger partial charge on any atom is -0.345 e. The van der Waals surface area contributed by atoms with Gasteiger partial charge in [0.05, 0.1) is 5.52 Å². The Morgan fingerprint density at radius 1 is 1.22 bits per heavy atom. The van der Waals surface area contributed by atoms with Crippen LogP contribution in [0.2, 0.25) is 0 Å². The zero-order valence-corrected chi connectivity index (χ0v) is 11.2. The van der Waals surface area contributed by atoms with Gasteiger partial charge in [0.25, 0.3) is 0 Å². The van der Waals surface area contributed by atoms with Crippen molar-refractivity contribution in [2.24, 2.45) is 0 Å². The third-order valence-electron chi connectivity index (χ3n) is 4.62. The molecule has 1 saturated carbocycles. The number of nitrogens with zero attached hydrogens (tertiary/aromatic N) is 2. The normalized spacial score (nSPS) is 22.9. The summed E-state index contributed by atoms with van der Waals surface area (Å²) in [5.41, 5.74) is 4.65. The highest BCUT2D eigenvalue weighted by atomic mass is 15.1. The molecule has 0 spiro atoms. The van der Waals surface area contributed by atoms with Crippen molar-refractivity contribution in [3.63, 3.8) is 0 Å². The van der Waals surface area contributed by atoms with E-state index in [0.29, 0.717) is 6.04 Å². The van der Waals surface area contributed by atoms with Gasteiger partial charge >= 0.3 is 0 Å². The molecule has 1 aromatic carbocycles. The van der Waals surface area contributed by atoms with Crippen LogP contribution in [0.5, 0.6) is 0 Å². The smallest absolute Gasteiger partial charge is 0.0516 e. The van der Waals surface area contributed by atoms with Gasteiger partial charge in [-0.1, -0.05) is 18.2 Å². The lowest BCUT2D eigenvalue weighted by Crippen LogP contribution is -2.36. The van der Waals surface area contributed by atoms with Crippen molar-refractivity contribution in [2.45, 2.75) is 37.8 Å². The third-order valence-corrected chi connectivity index (χ3v) is 4.62. The Kier molecular flexibility index (Phi) is 2.13. The van der Waals surface area contributed by atoms with E-state index < -0.39 is 0 Å². The Morgan fingerprint density at radius 2 is 2.06 bits per heavy atom. The van der Waals surface area contributed by atoms with E-state index in [9.17, 15) is 0 Å². The summed E-state index contributed by atoms with van der Waals surface area (Å²) in [5, 5.41) is 1.52. The van der Waals surface area contributed by atoms with Crippen molar-refractivity contribution >= 4 is 10.9 Å². The lowest BCUT2D eigenvalue weighted by atomic mass is 9.98. The number of hydrogen-bond acceptors (Lipinski definition) is 1. The molecule has 0 bridgehead atoms. The van der Waals surface area contributed by atoms with Gasteiger partial charge in [0.2, 0.25) is 0 Å². The van der Waals surface area contributed by atoms with Crippen molar-refractivity contribution in [1.29, 1.82) is 0 Å². The van der Waals surface area contributed by atoms with E-state index in [1.807, 2.05) is 0 Å². The van der Waals surface area contributed by atoms with Crippen LogP contribution in [0.1, 0.15) is 29.9 Å². The lowest BCUT2D eigenvalue weighted by Gasteiger charge is -2.29. The summed E-state index contributed by atoms with van der Waals surface area (Å²) in [7, 11) is 4.39. The van der Waals surface area contributed by atoms with Crippen LogP contribution in [0.3, 0.4) is 0 Å². The molecule has 18 heavy (non-hydrogen) atoms. The van der Waals surface area contributed by atoms with Crippen molar-refractivity contribution in [3.05, 3.63) is 35.5 Å². The highest BCUT2D eigenvalue weighted by Crippen LogP contribution is 2.45. The zero-order chi connectivity index (χ0) is 12.3. The van der Waals surface area contributed by atoms with Crippen molar-refractivity contribution in [3.8, 4) is 0 Å². The topological polar surface area (TPSA) is 8.17 Å². The minimum absolute atomic E-state index is 0.641. The number of para-hydroxylation sites is 1. The molecule has 4 rings (SSSR count). The van der Waals surface area contributed by atoms with Crippen LogP contribution >= 0.6 is 0 Å². The SMILES string of the molecule is CN(C)C1Cc2cccc3c(C4CC4)cn(c23)C1. The third kappa shape index (κ3) is 1.45. The van der Waals surface area contributed by atoms with Gasteiger partial charge in [-0.25, -0.2) is 0 Å². The molecule has 1 aliphatic heterocycles. The van der Waals surface area contributed by atoms with Gasteiger partial charge in [0.15, 0.2) is 0 Å². The Bertz CT molecular complexity index is 605. The Labute approximate surface area is 108 Å². The Balaban J connectivity index is 1.90. The van der Waals surface area contributed by atoms with Gasteiger partial charge in [-0.3, -0.25) is 0 Å². The summed E-state index contributed by atoms with van der Waals surface area (Å²) < 4.78 is 2.51. The molecule has 2 nitrogen and oxygen atoms in total. The molecule has 0 radical (unpaired) electrons. The van der Waals surface area contributed by atoms with E-state index in [2.05, 4.69) is 48.0 Å². The first kappa shape index (κ1) is 10.6. The summed E-state index contributed by atoms with van der Waals surface area (Å²) in [6.07, 6.45) is 6.40. The van der Waals surface area contributed by atoms with E-state index in [1.165, 1.54) is 35.7 Å². The van der Waals surface area contributed by atoms with Gasteiger partial charge < -0.3 is 9.47 Å². The molecular formula is C16H20N2. The van der Waals surface area contributed by atoms with Crippen LogP contribution in [-0.2, 0) is 13.0 Å². The predicted octanol–water partition coefficient (Wildman–Crippen LogP) is 3.01. The number of hydrogen-bond donors (Lipinski definition) is 0. The molecule has 1 fully saturated rings. The quantitative estimate of drug-likeness (QED) is 0.783. The fourth-order valence-electron chi connectivity index (χ4n) is 3.39. The van der Waals surface area contributed by atoms with Crippen molar-refractivity contribution in [1.82, 2.24) is 9.47 Å². The Morgan fingerprint density at radius 3 is 2.78 bits per heavy atom. The molecule has 94 valence electrons. The molecule has 2 aliphatic rings. The first-order chi connectivity index (χ1) is 8.74. The van der Waals surface area contributed by atoms with Gasteiger partial charge in [-0.15, -0.1) is 0 Å². The second-order valence-electron chi connectivity index (χ2n) is 6.15. The second kappa shape index (κ2) is 3.61. The highest BCUT2D eigenvalue weighted by molar-refractivity contribution is 5.88. The fraction of sp³-hybridized carbons (Fsp3) is 0.500. The van der Waals surface area contributed by atoms with Gasteiger partial charge in [-0.2, -0.15) is 0 Å². The van der Waals surface area contributed by atoms with Crippen LogP contribution in [0.25, 0.3) is 10.9 Å². The molecule has 1 aliphatic carbocycles. The van der Waals surface area contributed by atoms with E-state index in [1.54, 1.807) is 5.56 Å². The average Bonchev–Trinajstić information content (AvgIpc) is 3.14. The molecule has 0 amide bonds. The molecule has 0 saturated heterocycles. The average molecular weight is 240 g/mol. The molecule has 1 atom stereocenters. The van der Waals surface area contributed by atoms with Gasteiger partial charge in [0.1, 0.15) is 0 Å². The summed E-state index contributed by atoms with van der Waals surface area (Å²) in [6.45, 7) is 1.15. The Hall–Kier alpha value is -1.28. The number of benzene rings is 1. The van der Waals surface area contributed by atoms with Crippen LogP contribution in [0.4, 0.5) is 0 Å². The number of rotatable bonds is 2. The lowest BCUT2D eigenvalue weighted by molar-refractivity contribution is 0.258. The minimum atomic E-state index is 0.641. The summed E-state index contributed by atoms with van der Waals surface area (Å²) in [4.78, 5) is 2.36.